The van der Waals surface area contributed by atoms with E-state index in [2.05, 4.69) is 193 Å². The zero-order chi connectivity index (χ0) is 30.8. The maximum atomic E-state index is 2.39. The van der Waals surface area contributed by atoms with Gasteiger partial charge in [0.25, 0.3) is 0 Å². The Balaban J connectivity index is 0.00000175. The van der Waals surface area contributed by atoms with Gasteiger partial charge in [-0.25, -0.2) is 0 Å². The summed E-state index contributed by atoms with van der Waals surface area (Å²) >= 11 is 0. The first-order valence-corrected chi connectivity index (χ1v) is 15.7. The van der Waals surface area contributed by atoms with Gasteiger partial charge in [0.15, 0.2) is 0 Å². The molecule has 0 aliphatic rings. The topological polar surface area (TPSA) is 3.24 Å². The molecule has 1 heteroatoms. The van der Waals surface area contributed by atoms with E-state index in [1.165, 1.54) is 44.5 Å². The zero-order valence-corrected chi connectivity index (χ0v) is 25.8. The molecule has 0 unspecified atom stereocenters. The van der Waals surface area contributed by atoms with Gasteiger partial charge in [0, 0.05) is 16.9 Å². The zero-order valence-electron chi connectivity index (χ0n) is 25.8. The lowest BCUT2D eigenvalue weighted by Gasteiger charge is -2.29. The monoisotopic (exact) mass is 579 g/mol. The van der Waals surface area contributed by atoms with Crippen LogP contribution in [-0.4, -0.2) is 0 Å². The SMILES string of the molecule is CC.c1ccc(-c2cccc(-c3ccccc3N(c3cccc(-c4ccccc4)c3)c3cccc(-c4ccccc4)c3)c2)cc1. The van der Waals surface area contributed by atoms with Gasteiger partial charge >= 0.3 is 0 Å². The van der Waals surface area contributed by atoms with Crippen LogP contribution in [0.1, 0.15) is 13.8 Å². The molecule has 0 atom stereocenters. The molecule has 0 N–H and O–H groups in total. The summed E-state index contributed by atoms with van der Waals surface area (Å²) in [7, 11) is 0. The fourth-order valence-electron chi connectivity index (χ4n) is 5.75. The van der Waals surface area contributed by atoms with Gasteiger partial charge in [0.2, 0.25) is 0 Å². The molecule has 0 saturated heterocycles. The van der Waals surface area contributed by atoms with Crippen molar-refractivity contribution in [1.82, 2.24) is 0 Å². The van der Waals surface area contributed by atoms with Crippen molar-refractivity contribution in [2.45, 2.75) is 13.8 Å². The maximum absolute atomic E-state index is 2.39. The normalized spacial score (nSPS) is 10.4. The summed E-state index contributed by atoms with van der Waals surface area (Å²) in [5.41, 5.74) is 12.9. The molecule has 45 heavy (non-hydrogen) atoms. The molecule has 0 heterocycles. The Hall–Kier alpha value is -5.66. The highest BCUT2D eigenvalue weighted by molar-refractivity contribution is 5.91. The van der Waals surface area contributed by atoms with Crippen LogP contribution in [0.25, 0.3) is 44.5 Å². The molecule has 0 radical (unpaired) electrons. The van der Waals surface area contributed by atoms with Crippen LogP contribution in [0, 0.1) is 0 Å². The molecule has 0 aliphatic carbocycles. The summed E-state index contributed by atoms with van der Waals surface area (Å²) in [6, 6.07) is 67.0. The fraction of sp³-hybridized carbons (Fsp3) is 0.0455. The summed E-state index contributed by atoms with van der Waals surface area (Å²) in [5, 5.41) is 0. The Labute approximate surface area is 267 Å². The van der Waals surface area contributed by atoms with Crippen molar-refractivity contribution in [1.29, 1.82) is 0 Å². The highest BCUT2D eigenvalue weighted by Crippen LogP contribution is 2.43. The summed E-state index contributed by atoms with van der Waals surface area (Å²) in [5.74, 6) is 0. The third-order valence-electron chi connectivity index (χ3n) is 7.85. The average molecular weight is 580 g/mol. The van der Waals surface area contributed by atoms with Crippen LogP contribution in [0.2, 0.25) is 0 Å². The molecule has 7 rings (SSSR count). The second-order valence-electron chi connectivity index (χ2n) is 10.6. The molecule has 0 saturated carbocycles. The second kappa shape index (κ2) is 14.2. The quantitative estimate of drug-likeness (QED) is 0.182. The van der Waals surface area contributed by atoms with Crippen molar-refractivity contribution in [3.8, 4) is 44.5 Å². The summed E-state index contributed by atoms with van der Waals surface area (Å²) < 4.78 is 0. The van der Waals surface area contributed by atoms with E-state index in [0.29, 0.717) is 0 Å². The second-order valence-corrected chi connectivity index (χ2v) is 10.6. The molecule has 0 aromatic heterocycles. The lowest BCUT2D eigenvalue weighted by atomic mass is 9.96. The van der Waals surface area contributed by atoms with Crippen LogP contribution in [0.3, 0.4) is 0 Å². The molecule has 218 valence electrons. The minimum absolute atomic E-state index is 1.11. The lowest BCUT2D eigenvalue weighted by Crippen LogP contribution is -2.11. The van der Waals surface area contributed by atoms with Crippen LogP contribution in [0.5, 0.6) is 0 Å². The average Bonchev–Trinajstić information content (AvgIpc) is 3.14. The standard InChI is InChI=1S/C42H31N.C2H6/c1-4-15-32(16-5-1)35-21-12-24-38(29-35)41-27-10-11-28-42(41)43(39-25-13-22-36(30-39)33-17-6-2-7-18-33)40-26-14-23-37(31-40)34-19-8-3-9-20-34;1-2/h1-31H;1-2H3. The first-order chi connectivity index (χ1) is 22.3. The molecule has 0 fully saturated rings. The van der Waals surface area contributed by atoms with Crippen LogP contribution in [0.4, 0.5) is 17.1 Å². The minimum atomic E-state index is 1.11. The molecule has 0 aliphatic heterocycles. The first-order valence-electron chi connectivity index (χ1n) is 15.7. The van der Waals surface area contributed by atoms with E-state index in [9.17, 15) is 0 Å². The van der Waals surface area contributed by atoms with Gasteiger partial charge in [-0.2, -0.15) is 0 Å². The van der Waals surface area contributed by atoms with Crippen LogP contribution >= 0.6 is 0 Å². The van der Waals surface area contributed by atoms with E-state index >= 15 is 0 Å². The van der Waals surface area contributed by atoms with Crippen molar-refractivity contribution < 1.29 is 0 Å². The molecule has 1 nitrogen and oxygen atoms in total. The number of hydrogen-bond acceptors (Lipinski definition) is 1. The highest BCUT2D eigenvalue weighted by atomic mass is 15.1. The van der Waals surface area contributed by atoms with E-state index in [1.54, 1.807) is 0 Å². The molecule has 7 aromatic rings. The number of rotatable bonds is 7. The molecular formula is C44H37N. The fourth-order valence-corrected chi connectivity index (χ4v) is 5.75. The van der Waals surface area contributed by atoms with E-state index in [0.717, 1.165) is 17.1 Å². The third-order valence-corrected chi connectivity index (χ3v) is 7.85. The number of benzene rings is 7. The van der Waals surface area contributed by atoms with E-state index in [1.807, 2.05) is 13.8 Å². The minimum Gasteiger partial charge on any atom is -0.310 e. The summed E-state index contributed by atoms with van der Waals surface area (Å²) in [4.78, 5) is 2.39. The third kappa shape index (κ3) is 6.64. The Bertz CT molecular complexity index is 1880. The number of hydrogen-bond donors (Lipinski definition) is 0. The van der Waals surface area contributed by atoms with Crippen LogP contribution in [0.15, 0.2) is 188 Å². The van der Waals surface area contributed by atoms with Crippen molar-refractivity contribution in [2.24, 2.45) is 0 Å². The number of anilines is 3. The van der Waals surface area contributed by atoms with Crippen molar-refractivity contribution in [2.75, 3.05) is 4.90 Å². The Morgan fingerprint density at radius 3 is 1.13 bits per heavy atom. The smallest absolute Gasteiger partial charge is 0.0540 e. The Morgan fingerprint density at radius 1 is 0.289 bits per heavy atom. The van der Waals surface area contributed by atoms with Crippen molar-refractivity contribution in [3.63, 3.8) is 0 Å². The van der Waals surface area contributed by atoms with E-state index in [4.69, 9.17) is 0 Å². The molecule has 0 amide bonds. The van der Waals surface area contributed by atoms with Crippen molar-refractivity contribution >= 4 is 17.1 Å². The Morgan fingerprint density at radius 2 is 0.644 bits per heavy atom. The highest BCUT2D eigenvalue weighted by Gasteiger charge is 2.18. The summed E-state index contributed by atoms with van der Waals surface area (Å²) in [6.45, 7) is 4.00. The van der Waals surface area contributed by atoms with Crippen LogP contribution < -0.4 is 4.90 Å². The first kappa shape index (κ1) is 29.4. The molecule has 0 spiro atoms. The summed E-state index contributed by atoms with van der Waals surface area (Å²) in [6.07, 6.45) is 0. The predicted molar refractivity (Wildman–Crippen MR) is 194 cm³/mol. The van der Waals surface area contributed by atoms with Gasteiger partial charge in [-0.3, -0.25) is 0 Å². The predicted octanol–water partition coefficient (Wildman–Crippen LogP) is 12.9. The van der Waals surface area contributed by atoms with Gasteiger partial charge in [0.1, 0.15) is 0 Å². The number of nitrogens with zero attached hydrogens (tertiary/aromatic N) is 1. The van der Waals surface area contributed by atoms with Crippen molar-refractivity contribution in [3.05, 3.63) is 188 Å². The van der Waals surface area contributed by atoms with E-state index in [-0.39, 0.29) is 0 Å². The van der Waals surface area contributed by atoms with Crippen LogP contribution in [-0.2, 0) is 0 Å². The van der Waals surface area contributed by atoms with Gasteiger partial charge in [-0.15, -0.1) is 0 Å². The molecular weight excluding hydrogens is 542 g/mol. The lowest BCUT2D eigenvalue weighted by molar-refractivity contribution is 1.28. The van der Waals surface area contributed by atoms with Gasteiger partial charge in [-0.1, -0.05) is 166 Å². The number of para-hydroxylation sites is 1. The van der Waals surface area contributed by atoms with Gasteiger partial charge in [0.05, 0.1) is 5.69 Å². The largest absolute Gasteiger partial charge is 0.310 e. The maximum Gasteiger partial charge on any atom is 0.0540 e. The molecule has 7 aromatic carbocycles. The van der Waals surface area contributed by atoms with Gasteiger partial charge < -0.3 is 4.90 Å². The Kier molecular flexibility index (Phi) is 9.29. The van der Waals surface area contributed by atoms with E-state index < -0.39 is 0 Å². The molecule has 0 bridgehead atoms. The van der Waals surface area contributed by atoms with Gasteiger partial charge in [-0.05, 0) is 75.3 Å².